The lowest BCUT2D eigenvalue weighted by atomic mass is 10.1. The fraction of sp³-hybridized carbons (Fsp3) is 0.250. The van der Waals surface area contributed by atoms with Crippen LogP contribution in [0.5, 0.6) is 5.75 Å². The molecule has 3 nitrogen and oxygen atoms in total. The van der Waals surface area contributed by atoms with Gasteiger partial charge in [0.2, 0.25) is 0 Å². The zero-order valence-corrected chi connectivity index (χ0v) is 7.10. The van der Waals surface area contributed by atoms with Crippen LogP contribution in [-0.4, -0.2) is 11.7 Å². The van der Waals surface area contributed by atoms with Gasteiger partial charge in [-0.1, -0.05) is 0 Å². The Morgan fingerprint density at radius 3 is 2.36 bits per heavy atom. The molecule has 0 amide bonds. The molecule has 1 aromatic carbocycles. The molecule has 0 heterocycles. The summed E-state index contributed by atoms with van der Waals surface area (Å²) in [6, 6.07) is -0.603. The third-order valence-electron chi connectivity index (χ3n) is 1.80. The van der Waals surface area contributed by atoms with E-state index in [1.807, 2.05) is 0 Å². The van der Waals surface area contributed by atoms with Gasteiger partial charge in [-0.2, -0.15) is 0 Å². The van der Waals surface area contributed by atoms with Gasteiger partial charge >= 0.3 is 0 Å². The Balaban J connectivity index is 3.36. The van der Waals surface area contributed by atoms with Crippen LogP contribution in [-0.2, 0) is 0 Å². The molecule has 0 fully saturated rings. The average molecular weight is 206 g/mol. The summed E-state index contributed by atoms with van der Waals surface area (Å²) >= 11 is 0. The minimum absolute atomic E-state index is 0.185. The second-order valence-corrected chi connectivity index (χ2v) is 2.76. The summed E-state index contributed by atoms with van der Waals surface area (Å²) in [6.07, 6.45) is 0. The first-order valence-electron chi connectivity index (χ1n) is 3.81. The Bertz CT molecular complexity index is 357. The molecular weight excluding hydrogens is 197 g/mol. The first-order valence-corrected chi connectivity index (χ1v) is 3.81. The summed E-state index contributed by atoms with van der Waals surface area (Å²) < 4.78 is 38.3. The van der Waals surface area contributed by atoms with Crippen molar-refractivity contribution in [2.24, 2.45) is 11.5 Å². The number of nitrogens with two attached hydrogens (primary N) is 2. The van der Waals surface area contributed by atoms with Gasteiger partial charge in [0.25, 0.3) is 0 Å². The van der Waals surface area contributed by atoms with Gasteiger partial charge in [-0.25, -0.2) is 13.2 Å². The lowest BCUT2D eigenvalue weighted by Crippen LogP contribution is -2.22. The molecule has 14 heavy (non-hydrogen) atoms. The molecular formula is C8H9F3N2O. The normalized spacial score (nSPS) is 12.9. The van der Waals surface area contributed by atoms with E-state index in [-0.39, 0.29) is 6.54 Å². The number of rotatable bonds is 2. The highest BCUT2D eigenvalue weighted by molar-refractivity contribution is 5.37. The zero-order chi connectivity index (χ0) is 10.9. The maximum Gasteiger partial charge on any atom is 0.195 e. The molecule has 0 radical (unpaired) electrons. The monoisotopic (exact) mass is 206 g/mol. The SMILES string of the molecule is NC[C@@H](N)c1c(O)cc(F)c(F)c1F. The largest absolute Gasteiger partial charge is 0.507 e. The van der Waals surface area contributed by atoms with E-state index in [1.165, 1.54) is 0 Å². The lowest BCUT2D eigenvalue weighted by Gasteiger charge is -2.12. The second-order valence-electron chi connectivity index (χ2n) is 2.76. The molecule has 5 N–H and O–H groups in total. The van der Waals surface area contributed by atoms with Gasteiger partial charge in [0, 0.05) is 18.7 Å². The van der Waals surface area contributed by atoms with Gasteiger partial charge in [-0.05, 0) is 0 Å². The molecule has 0 aliphatic rings. The Hall–Kier alpha value is -1.27. The summed E-state index contributed by atoms with van der Waals surface area (Å²) in [5.74, 6) is -5.37. The van der Waals surface area contributed by atoms with Crippen molar-refractivity contribution in [3.8, 4) is 5.75 Å². The number of benzene rings is 1. The van der Waals surface area contributed by atoms with Gasteiger partial charge in [0.1, 0.15) is 5.75 Å². The first-order chi connectivity index (χ1) is 6.49. The van der Waals surface area contributed by atoms with Gasteiger partial charge in [-0.3, -0.25) is 0 Å². The van der Waals surface area contributed by atoms with Crippen LogP contribution in [0, 0.1) is 17.5 Å². The molecule has 0 unspecified atom stereocenters. The van der Waals surface area contributed by atoms with Crippen molar-refractivity contribution < 1.29 is 18.3 Å². The Morgan fingerprint density at radius 2 is 1.86 bits per heavy atom. The third-order valence-corrected chi connectivity index (χ3v) is 1.80. The smallest absolute Gasteiger partial charge is 0.195 e. The third kappa shape index (κ3) is 1.66. The number of phenolic OH excluding ortho intramolecular Hbond substituents is 1. The summed E-state index contributed by atoms with van der Waals surface area (Å²) in [4.78, 5) is 0. The standard InChI is InChI=1S/C8H9F3N2O/c9-3-1-5(14)6(4(13)2-12)8(11)7(3)10/h1,4,14H,2,12-13H2/t4-/m1/s1. The highest BCUT2D eigenvalue weighted by Crippen LogP contribution is 2.28. The number of hydrogen-bond acceptors (Lipinski definition) is 3. The van der Waals surface area contributed by atoms with Gasteiger partial charge in [-0.15, -0.1) is 0 Å². The van der Waals surface area contributed by atoms with Crippen molar-refractivity contribution in [3.63, 3.8) is 0 Å². The molecule has 0 aromatic heterocycles. The Kier molecular flexibility index (Phi) is 2.97. The van der Waals surface area contributed by atoms with Crippen LogP contribution in [0.1, 0.15) is 11.6 Å². The van der Waals surface area contributed by atoms with E-state index >= 15 is 0 Å². The molecule has 78 valence electrons. The molecule has 0 saturated heterocycles. The molecule has 1 atom stereocenters. The molecule has 0 aliphatic heterocycles. The van der Waals surface area contributed by atoms with E-state index in [4.69, 9.17) is 16.6 Å². The Morgan fingerprint density at radius 1 is 1.29 bits per heavy atom. The number of phenols is 1. The molecule has 6 heteroatoms. The van der Waals surface area contributed by atoms with Gasteiger partial charge in [0.05, 0.1) is 5.56 Å². The lowest BCUT2D eigenvalue weighted by molar-refractivity contribution is 0.401. The van der Waals surface area contributed by atoms with Crippen LogP contribution in [0.15, 0.2) is 6.07 Å². The van der Waals surface area contributed by atoms with E-state index in [1.54, 1.807) is 0 Å². The van der Waals surface area contributed by atoms with E-state index in [0.29, 0.717) is 6.07 Å². The van der Waals surface area contributed by atoms with Crippen molar-refractivity contribution in [2.75, 3.05) is 6.54 Å². The summed E-state index contributed by atoms with van der Waals surface area (Å²) in [5, 5.41) is 9.12. The minimum Gasteiger partial charge on any atom is -0.507 e. The van der Waals surface area contributed by atoms with Crippen molar-refractivity contribution in [1.29, 1.82) is 0 Å². The number of halogens is 3. The van der Waals surface area contributed by atoms with E-state index < -0.39 is 34.8 Å². The highest BCUT2D eigenvalue weighted by atomic mass is 19.2. The van der Waals surface area contributed by atoms with Gasteiger partial charge < -0.3 is 16.6 Å². The summed E-state index contributed by atoms with van der Waals surface area (Å²) in [5.41, 5.74) is 9.90. The van der Waals surface area contributed by atoms with Crippen LogP contribution in [0.4, 0.5) is 13.2 Å². The predicted octanol–water partition coefficient (Wildman–Crippen LogP) is 0.768. The quantitative estimate of drug-likeness (QED) is 0.626. The fourth-order valence-electron chi connectivity index (χ4n) is 1.07. The van der Waals surface area contributed by atoms with Crippen molar-refractivity contribution in [3.05, 3.63) is 29.1 Å². The van der Waals surface area contributed by atoms with Crippen LogP contribution in [0.2, 0.25) is 0 Å². The second kappa shape index (κ2) is 3.85. The van der Waals surface area contributed by atoms with Gasteiger partial charge in [0.15, 0.2) is 17.5 Å². The van der Waals surface area contributed by atoms with Crippen LogP contribution in [0.25, 0.3) is 0 Å². The van der Waals surface area contributed by atoms with Crippen LogP contribution in [0.3, 0.4) is 0 Å². The maximum atomic E-state index is 13.1. The average Bonchev–Trinajstić information content (AvgIpc) is 2.14. The van der Waals surface area contributed by atoms with Crippen LogP contribution >= 0.6 is 0 Å². The number of hydrogen-bond donors (Lipinski definition) is 3. The number of aromatic hydroxyl groups is 1. The molecule has 0 spiro atoms. The molecule has 1 rings (SSSR count). The van der Waals surface area contributed by atoms with Crippen molar-refractivity contribution in [2.45, 2.75) is 6.04 Å². The zero-order valence-electron chi connectivity index (χ0n) is 7.10. The van der Waals surface area contributed by atoms with E-state index in [0.717, 1.165) is 0 Å². The molecule has 0 saturated carbocycles. The topological polar surface area (TPSA) is 72.3 Å². The van der Waals surface area contributed by atoms with Crippen LogP contribution < -0.4 is 11.5 Å². The molecule has 0 aliphatic carbocycles. The van der Waals surface area contributed by atoms with Crippen molar-refractivity contribution in [1.82, 2.24) is 0 Å². The predicted molar refractivity (Wildman–Crippen MR) is 44.0 cm³/mol. The summed E-state index contributed by atoms with van der Waals surface area (Å²) in [6.45, 7) is -0.185. The maximum absolute atomic E-state index is 13.1. The highest BCUT2D eigenvalue weighted by Gasteiger charge is 2.22. The first kappa shape index (κ1) is 10.8. The van der Waals surface area contributed by atoms with E-state index in [9.17, 15) is 13.2 Å². The van der Waals surface area contributed by atoms with E-state index in [2.05, 4.69) is 0 Å². The molecule has 1 aromatic rings. The van der Waals surface area contributed by atoms with Crippen molar-refractivity contribution >= 4 is 0 Å². The Labute approximate surface area is 78.1 Å². The molecule has 0 bridgehead atoms. The minimum atomic E-state index is -1.67. The fourth-order valence-corrected chi connectivity index (χ4v) is 1.07. The summed E-state index contributed by atoms with van der Waals surface area (Å²) in [7, 11) is 0.